The predicted octanol–water partition coefficient (Wildman–Crippen LogP) is 6.06. The third-order valence-electron chi connectivity index (χ3n) is 5.91. The first-order valence-corrected chi connectivity index (χ1v) is 12.2. The Morgan fingerprint density at radius 2 is 1.85 bits per heavy atom. The molecule has 1 aliphatic rings. The van der Waals surface area contributed by atoms with Crippen LogP contribution in [-0.2, 0) is 21.4 Å². The van der Waals surface area contributed by atoms with Crippen molar-refractivity contribution in [2.75, 3.05) is 20.2 Å². The van der Waals surface area contributed by atoms with Crippen molar-refractivity contribution in [1.29, 1.82) is 0 Å². The molecule has 172 valence electrons. The van der Waals surface area contributed by atoms with E-state index in [1.165, 1.54) is 24.1 Å². The number of likely N-dealkylation sites (tertiary alicyclic amines) is 1. The van der Waals surface area contributed by atoms with Crippen molar-refractivity contribution in [1.82, 2.24) is 9.47 Å². The molecule has 0 unspecified atom stereocenters. The van der Waals surface area contributed by atoms with E-state index in [2.05, 4.69) is 28.8 Å². The van der Waals surface area contributed by atoms with Crippen LogP contribution in [0.3, 0.4) is 0 Å². The Morgan fingerprint density at radius 1 is 1.09 bits per heavy atom. The number of benzene rings is 2. The van der Waals surface area contributed by atoms with Crippen LogP contribution in [0.25, 0.3) is 17.0 Å². The van der Waals surface area contributed by atoms with Crippen molar-refractivity contribution in [3.8, 4) is 0 Å². The summed E-state index contributed by atoms with van der Waals surface area (Å²) in [6.07, 6.45) is 6.45. The van der Waals surface area contributed by atoms with E-state index >= 15 is 0 Å². The van der Waals surface area contributed by atoms with Gasteiger partial charge in [-0.05, 0) is 54.8 Å². The summed E-state index contributed by atoms with van der Waals surface area (Å²) in [7, 11) is 3.41. The van der Waals surface area contributed by atoms with Gasteiger partial charge in [0.2, 0.25) is 5.91 Å². The van der Waals surface area contributed by atoms with Crippen LogP contribution in [-0.4, -0.2) is 41.5 Å². The molecular formula is C25H24Cl2N2O3S. The smallest absolute Gasteiger partial charge is 0.308 e. The van der Waals surface area contributed by atoms with Gasteiger partial charge >= 0.3 is 5.97 Å². The van der Waals surface area contributed by atoms with Crippen LogP contribution in [0.2, 0.25) is 10.0 Å². The monoisotopic (exact) mass is 502 g/mol. The molecule has 1 aromatic heterocycles. The zero-order chi connectivity index (χ0) is 23.5. The third kappa shape index (κ3) is 5.24. The molecule has 0 spiro atoms. The van der Waals surface area contributed by atoms with Crippen LogP contribution in [0.4, 0.5) is 0 Å². The molecule has 2 aromatic carbocycles. The summed E-state index contributed by atoms with van der Waals surface area (Å²) < 4.78 is 6.88. The number of fused-ring (bicyclic) bond motifs is 1. The molecule has 8 heteroatoms. The first-order valence-electron chi connectivity index (χ1n) is 10.6. The average Bonchev–Trinajstić information content (AvgIpc) is 3.21. The van der Waals surface area contributed by atoms with Gasteiger partial charge in [-0.15, -0.1) is 0 Å². The molecule has 0 atom stereocenters. The molecule has 0 aliphatic carbocycles. The number of esters is 1. The number of halogens is 2. The number of carbonyl (C=O) groups excluding carboxylic acids is 2. The highest BCUT2D eigenvalue weighted by Crippen LogP contribution is 2.40. The van der Waals surface area contributed by atoms with Gasteiger partial charge in [-0.25, -0.2) is 0 Å². The number of carbonyl (C=O) groups is 2. The first-order chi connectivity index (χ1) is 15.9. The van der Waals surface area contributed by atoms with E-state index in [9.17, 15) is 9.59 Å². The topological polar surface area (TPSA) is 51.5 Å². The average molecular weight is 503 g/mol. The van der Waals surface area contributed by atoms with Crippen molar-refractivity contribution in [3.63, 3.8) is 0 Å². The predicted molar refractivity (Wildman–Crippen MR) is 134 cm³/mol. The van der Waals surface area contributed by atoms with Crippen molar-refractivity contribution >= 4 is 63.8 Å². The summed E-state index contributed by atoms with van der Waals surface area (Å²) in [4.78, 5) is 27.9. The molecule has 0 radical (unpaired) electrons. The third-order valence-corrected chi connectivity index (χ3v) is 7.97. The van der Waals surface area contributed by atoms with Gasteiger partial charge in [-0.1, -0.05) is 41.0 Å². The normalized spacial score (nSPS) is 14.8. The fourth-order valence-corrected chi connectivity index (χ4v) is 5.45. The van der Waals surface area contributed by atoms with Gasteiger partial charge in [0.25, 0.3) is 0 Å². The molecule has 4 rings (SSSR count). The number of rotatable bonds is 5. The minimum atomic E-state index is -0.208. The molecule has 0 saturated carbocycles. The minimum Gasteiger partial charge on any atom is -0.469 e. The number of aromatic nitrogens is 1. The Morgan fingerprint density at radius 3 is 2.58 bits per heavy atom. The lowest BCUT2D eigenvalue weighted by molar-refractivity contribution is -0.148. The van der Waals surface area contributed by atoms with Gasteiger partial charge in [0.05, 0.1) is 23.1 Å². The standard InChI is InChI=1S/C25H24Cl2N2O3S/c1-28-12-9-18-15-19(5-6-20(18)28)33-21-7-3-16(23(26)24(21)27)4-8-22(30)29-13-10-17(11-14-29)25(31)32-2/h3-9,12,15,17H,10-11,13-14H2,1-2H3/b8-4+. The number of hydrogen-bond donors (Lipinski definition) is 0. The van der Waals surface area contributed by atoms with Crippen molar-refractivity contribution in [3.05, 3.63) is 64.3 Å². The van der Waals surface area contributed by atoms with Crippen LogP contribution < -0.4 is 0 Å². The molecule has 1 fully saturated rings. The number of piperidine rings is 1. The van der Waals surface area contributed by atoms with Crippen LogP contribution in [0.5, 0.6) is 0 Å². The number of hydrogen-bond acceptors (Lipinski definition) is 4. The number of nitrogens with zero attached hydrogens (tertiary/aromatic N) is 2. The van der Waals surface area contributed by atoms with Gasteiger partial charge in [-0.3, -0.25) is 9.59 Å². The molecule has 3 aromatic rings. The van der Waals surface area contributed by atoms with Gasteiger partial charge < -0.3 is 14.2 Å². The lowest BCUT2D eigenvalue weighted by Crippen LogP contribution is -2.39. The Kier molecular flexibility index (Phi) is 7.37. The molecule has 0 N–H and O–H groups in total. The summed E-state index contributed by atoms with van der Waals surface area (Å²) in [6, 6.07) is 12.1. The maximum absolute atomic E-state index is 12.6. The van der Waals surface area contributed by atoms with E-state index in [0.717, 1.165) is 9.79 Å². The quantitative estimate of drug-likeness (QED) is 0.314. The number of amides is 1. The van der Waals surface area contributed by atoms with Gasteiger partial charge in [-0.2, -0.15) is 0 Å². The van der Waals surface area contributed by atoms with E-state index in [1.54, 1.807) is 22.7 Å². The largest absolute Gasteiger partial charge is 0.469 e. The zero-order valence-electron chi connectivity index (χ0n) is 18.4. The molecule has 0 bridgehead atoms. The van der Waals surface area contributed by atoms with E-state index in [-0.39, 0.29) is 17.8 Å². The van der Waals surface area contributed by atoms with Crippen LogP contribution in [0.15, 0.2) is 58.5 Å². The summed E-state index contributed by atoms with van der Waals surface area (Å²) in [5.41, 5.74) is 1.85. The van der Waals surface area contributed by atoms with Crippen molar-refractivity contribution < 1.29 is 14.3 Å². The molecule has 1 amide bonds. The molecular weight excluding hydrogens is 479 g/mol. The van der Waals surface area contributed by atoms with Crippen LogP contribution >= 0.6 is 35.0 Å². The van der Waals surface area contributed by atoms with Crippen molar-refractivity contribution in [2.24, 2.45) is 13.0 Å². The highest BCUT2D eigenvalue weighted by atomic mass is 35.5. The first kappa shape index (κ1) is 23.7. The van der Waals surface area contributed by atoms with E-state index in [4.69, 9.17) is 27.9 Å². The Balaban J connectivity index is 1.43. The van der Waals surface area contributed by atoms with Crippen LogP contribution in [0, 0.1) is 5.92 Å². The Hall–Kier alpha value is -2.41. The Labute approximate surface area is 207 Å². The molecule has 5 nitrogen and oxygen atoms in total. The highest BCUT2D eigenvalue weighted by molar-refractivity contribution is 7.99. The lowest BCUT2D eigenvalue weighted by atomic mass is 9.97. The maximum atomic E-state index is 12.6. The zero-order valence-corrected chi connectivity index (χ0v) is 20.7. The lowest BCUT2D eigenvalue weighted by Gasteiger charge is -2.29. The Bertz CT molecular complexity index is 1230. The summed E-state index contributed by atoms with van der Waals surface area (Å²) in [5.74, 6) is -0.454. The van der Waals surface area contributed by atoms with E-state index in [0.29, 0.717) is 41.5 Å². The SMILES string of the molecule is COC(=O)C1CCN(C(=O)/C=C/c2ccc(Sc3ccc4c(ccn4C)c3)c(Cl)c2Cl)CC1. The molecule has 33 heavy (non-hydrogen) atoms. The fourth-order valence-electron chi connectivity index (χ4n) is 3.97. The molecule has 1 saturated heterocycles. The van der Waals surface area contributed by atoms with Gasteiger partial charge in [0.15, 0.2) is 0 Å². The van der Waals surface area contributed by atoms with Crippen molar-refractivity contribution in [2.45, 2.75) is 22.6 Å². The molecule has 2 heterocycles. The highest BCUT2D eigenvalue weighted by Gasteiger charge is 2.27. The van der Waals surface area contributed by atoms with Gasteiger partial charge in [0.1, 0.15) is 0 Å². The second-order valence-corrected chi connectivity index (χ2v) is 9.86. The number of aryl methyl sites for hydroxylation is 1. The summed E-state index contributed by atoms with van der Waals surface area (Å²) >= 11 is 14.6. The number of methoxy groups -OCH3 is 1. The van der Waals surface area contributed by atoms with Gasteiger partial charge in [0, 0.05) is 53.1 Å². The minimum absolute atomic E-state index is 0.111. The molecule has 1 aliphatic heterocycles. The second-order valence-electron chi connectivity index (χ2n) is 7.99. The summed E-state index contributed by atoms with van der Waals surface area (Å²) in [5, 5.41) is 2.04. The van der Waals surface area contributed by atoms with E-state index < -0.39 is 0 Å². The number of ether oxygens (including phenoxy) is 1. The fraction of sp³-hybridized carbons (Fsp3) is 0.280. The van der Waals surface area contributed by atoms with Crippen LogP contribution in [0.1, 0.15) is 18.4 Å². The second kappa shape index (κ2) is 10.2. The van der Waals surface area contributed by atoms with E-state index in [1.807, 2.05) is 25.4 Å². The summed E-state index contributed by atoms with van der Waals surface area (Å²) in [6.45, 7) is 1.05. The maximum Gasteiger partial charge on any atom is 0.308 e.